The van der Waals surface area contributed by atoms with E-state index in [0.29, 0.717) is 24.2 Å². The molecule has 0 unspecified atom stereocenters. The number of fused-ring (bicyclic) bond motifs is 1. The fraction of sp³-hybridized carbons (Fsp3) is 0.333. The quantitative estimate of drug-likeness (QED) is 0.757. The Balaban J connectivity index is 1.65. The van der Waals surface area contributed by atoms with E-state index in [1.165, 1.54) is 4.68 Å². The van der Waals surface area contributed by atoms with E-state index in [2.05, 4.69) is 15.4 Å². The summed E-state index contributed by atoms with van der Waals surface area (Å²) in [6, 6.07) is 11.2. The third-order valence-corrected chi connectivity index (χ3v) is 5.16. The van der Waals surface area contributed by atoms with Crippen LogP contribution in [0.2, 0.25) is 0 Å². The average molecular weight is 362 g/mol. The lowest BCUT2D eigenvalue weighted by Crippen LogP contribution is -2.31. The number of aromatic nitrogens is 3. The highest BCUT2D eigenvalue weighted by Gasteiger charge is 2.22. The first-order valence-electron chi connectivity index (χ1n) is 9.38. The van der Waals surface area contributed by atoms with Crippen LogP contribution in [0.1, 0.15) is 36.9 Å². The van der Waals surface area contributed by atoms with Gasteiger partial charge >= 0.3 is 0 Å². The standard InChI is InChI=1S/C21H22N4O2/c26-20(16-7-1-2-8-16)23-13-19-17-9-3-4-10-18(17)21(27)25(24-19)14-15-6-5-11-22-12-15/h3-6,9-12,16H,1-2,7-8,13-14H2,(H,23,26). The third kappa shape index (κ3) is 3.74. The lowest BCUT2D eigenvalue weighted by Gasteiger charge is -2.13. The molecule has 4 rings (SSSR count). The van der Waals surface area contributed by atoms with Gasteiger partial charge in [0.25, 0.3) is 5.56 Å². The van der Waals surface area contributed by atoms with E-state index >= 15 is 0 Å². The molecule has 6 nitrogen and oxygen atoms in total. The summed E-state index contributed by atoms with van der Waals surface area (Å²) in [5.41, 5.74) is 1.48. The summed E-state index contributed by atoms with van der Waals surface area (Å²) in [6.07, 6.45) is 7.58. The summed E-state index contributed by atoms with van der Waals surface area (Å²) >= 11 is 0. The minimum atomic E-state index is -0.139. The maximum atomic E-state index is 12.8. The summed E-state index contributed by atoms with van der Waals surface area (Å²) < 4.78 is 1.45. The van der Waals surface area contributed by atoms with Crippen molar-refractivity contribution in [2.45, 2.75) is 38.8 Å². The second kappa shape index (κ2) is 7.70. The zero-order valence-corrected chi connectivity index (χ0v) is 15.1. The molecule has 1 saturated carbocycles. The number of rotatable bonds is 5. The lowest BCUT2D eigenvalue weighted by atomic mass is 10.1. The smallest absolute Gasteiger partial charge is 0.274 e. The topological polar surface area (TPSA) is 76.9 Å². The van der Waals surface area contributed by atoms with Gasteiger partial charge in [0, 0.05) is 23.7 Å². The van der Waals surface area contributed by atoms with Gasteiger partial charge in [-0.15, -0.1) is 0 Å². The van der Waals surface area contributed by atoms with E-state index in [1.807, 2.05) is 30.3 Å². The fourth-order valence-electron chi connectivity index (χ4n) is 3.71. The van der Waals surface area contributed by atoms with Crippen molar-refractivity contribution in [2.75, 3.05) is 0 Å². The molecule has 0 atom stereocenters. The van der Waals surface area contributed by atoms with Gasteiger partial charge in [-0.1, -0.05) is 37.1 Å². The van der Waals surface area contributed by atoms with Crippen LogP contribution in [-0.2, 0) is 17.9 Å². The first-order chi connectivity index (χ1) is 13.2. The van der Waals surface area contributed by atoms with Crippen molar-refractivity contribution < 1.29 is 4.79 Å². The van der Waals surface area contributed by atoms with Crippen molar-refractivity contribution in [3.8, 4) is 0 Å². The predicted octanol–water partition coefficient (Wildman–Crippen LogP) is 2.65. The second-order valence-electron chi connectivity index (χ2n) is 7.02. The van der Waals surface area contributed by atoms with Gasteiger partial charge in [-0.3, -0.25) is 14.6 Å². The molecule has 2 heterocycles. The van der Waals surface area contributed by atoms with E-state index in [1.54, 1.807) is 18.5 Å². The molecular formula is C21H22N4O2. The Morgan fingerprint density at radius 1 is 1.11 bits per heavy atom. The van der Waals surface area contributed by atoms with Crippen molar-refractivity contribution in [1.29, 1.82) is 0 Å². The Morgan fingerprint density at radius 3 is 2.63 bits per heavy atom. The number of amides is 1. The predicted molar refractivity (Wildman–Crippen MR) is 103 cm³/mol. The first-order valence-corrected chi connectivity index (χ1v) is 9.38. The van der Waals surface area contributed by atoms with E-state index < -0.39 is 0 Å². The van der Waals surface area contributed by atoms with Crippen LogP contribution in [0.15, 0.2) is 53.6 Å². The molecular weight excluding hydrogens is 340 g/mol. The summed E-state index contributed by atoms with van der Waals surface area (Å²) in [4.78, 5) is 29.3. The van der Waals surface area contributed by atoms with Crippen LogP contribution < -0.4 is 10.9 Å². The zero-order valence-electron chi connectivity index (χ0n) is 15.1. The molecule has 138 valence electrons. The highest BCUT2D eigenvalue weighted by Crippen LogP contribution is 2.24. The molecule has 1 amide bonds. The Labute approximate surface area is 157 Å². The number of hydrogen-bond donors (Lipinski definition) is 1. The molecule has 1 aliphatic carbocycles. The summed E-state index contributed by atoms with van der Waals surface area (Å²) in [7, 11) is 0. The number of pyridine rings is 1. The van der Waals surface area contributed by atoms with Gasteiger partial charge < -0.3 is 5.32 Å². The molecule has 6 heteroatoms. The Morgan fingerprint density at radius 2 is 1.89 bits per heavy atom. The minimum absolute atomic E-state index is 0.0865. The van der Waals surface area contributed by atoms with Crippen LogP contribution in [0.5, 0.6) is 0 Å². The van der Waals surface area contributed by atoms with E-state index in [4.69, 9.17) is 0 Å². The van der Waals surface area contributed by atoms with Crippen molar-refractivity contribution in [3.05, 3.63) is 70.4 Å². The number of benzene rings is 1. The van der Waals surface area contributed by atoms with Gasteiger partial charge in [-0.25, -0.2) is 4.68 Å². The van der Waals surface area contributed by atoms with Crippen LogP contribution in [-0.4, -0.2) is 20.7 Å². The normalized spacial score (nSPS) is 14.5. The Kier molecular flexibility index (Phi) is 4.96. The number of carbonyl (C=O) groups is 1. The van der Waals surface area contributed by atoms with E-state index in [0.717, 1.165) is 36.6 Å². The fourth-order valence-corrected chi connectivity index (χ4v) is 3.71. The average Bonchev–Trinajstić information content (AvgIpc) is 3.25. The number of hydrogen-bond acceptors (Lipinski definition) is 4. The molecule has 1 fully saturated rings. The number of carbonyl (C=O) groups excluding carboxylic acids is 1. The highest BCUT2D eigenvalue weighted by molar-refractivity contribution is 5.84. The number of nitrogens with one attached hydrogen (secondary N) is 1. The van der Waals surface area contributed by atoms with E-state index in [-0.39, 0.29) is 17.4 Å². The summed E-state index contributed by atoms with van der Waals surface area (Å²) in [5.74, 6) is 0.195. The van der Waals surface area contributed by atoms with Crippen LogP contribution in [0.25, 0.3) is 10.8 Å². The molecule has 0 spiro atoms. The molecule has 2 aromatic heterocycles. The largest absolute Gasteiger partial charge is 0.350 e. The molecule has 0 aliphatic heterocycles. The molecule has 0 radical (unpaired) electrons. The molecule has 0 saturated heterocycles. The van der Waals surface area contributed by atoms with Crippen LogP contribution in [0.3, 0.4) is 0 Å². The third-order valence-electron chi connectivity index (χ3n) is 5.16. The summed E-state index contributed by atoms with van der Waals surface area (Å²) in [6.45, 7) is 0.671. The minimum Gasteiger partial charge on any atom is -0.350 e. The maximum absolute atomic E-state index is 12.8. The molecule has 27 heavy (non-hydrogen) atoms. The summed E-state index contributed by atoms with van der Waals surface area (Å²) in [5, 5.41) is 8.97. The van der Waals surface area contributed by atoms with Gasteiger partial charge in [0.05, 0.1) is 24.2 Å². The van der Waals surface area contributed by atoms with Crippen molar-refractivity contribution in [1.82, 2.24) is 20.1 Å². The van der Waals surface area contributed by atoms with E-state index in [9.17, 15) is 9.59 Å². The molecule has 3 aromatic rings. The highest BCUT2D eigenvalue weighted by atomic mass is 16.2. The van der Waals surface area contributed by atoms with Gasteiger partial charge in [-0.05, 0) is 30.5 Å². The molecule has 1 aromatic carbocycles. The molecule has 0 bridgehead atoms. The Bertz CT molecular complexity index is 1010. The first kappa shape index (κ1) is 17.4. The Hall–Kier alpha value is -3.02. The van der Waals surface area contributed by atoms with Crippen LogP contribution in [0.4, 0.5) is 0 Å². The molecule has 1 aliphatic rings. The van der Waals surface area contributed by atoms with Gasteiger partial charge in [0.2, 0.25) is 5.91 Å². The SMILES string of the molecule is O=C(NCc1nn(Cc2cccnc2)c(=O)c2ccccc12)C1CCCC1. The van der Waals surface area contributed by atoms with Crippen LogP contribution in [0, 0.1) is 5.92 Å². The molecule has 1 N–H and O–H groups in total. The van der Waals surface area contributed by atoms with Crippen molar-refractivity contribution in [2.24, 2.45) is 5.92 Å². The number of nitrogens with zero attached hydrogens (tertiary/aromatic N) is 3. The van der Waals surface area contributed by atoms with Crippen LogP contribution >= 0.6 is 0 Å². The second-order valence-corrected chi connectivity index (χ2v) is 7.02. The maximum Gasteiger partial charge on any atom is 0.274 e. The van der Waals surface area contributed by atoms with Gasteiger partial charge in [0.15, 0.2) is 0 Å². The van der Waals surface area contributed by atoms with Crippen molar-refractivity contribution >= 4 is 16.7 Å². The van der Waals surface area contributed by atoms with Gasteiger partial charge in [0.1, 0.15) is 0 Å². The monoisotopic (exact) mass is 362 g/mol. The zero-order chi connectivity index (χ0) is 18.6. The van der Waals surface area contributed by atoms with Gasteiger partial charge in [-0.2, -0.15) is 5.10 Å². The lowest BCUT2D eigenvalue weighted by molar-refractivity contribution is -0.124. The van der Waals surface area contributed by atoms with Crippen molar-refractivity contribution in [3.63, 3.8) is 0 Å².